The second kappa shape index (κ2) is 10.6. The van der Waals surface area contributed by atoms with Crippen molar-refractivity contribution in [2.45, 2.75) is 51.2 Å². The molecule has 0 heterocycles. The highest BCUT2D eigenvalue weighted by Gasteiger charge is 2.30. The van der Waals surface area contributed by atoms with Gasteiger partial charge in [-0.2, -0.15) is 18.7 Å². The fourth-order valence-corrected chi connectivity index (χ4v) is 3.67. The molecule has 0 fully saturated rings. The molecule has 0 bridgehead atoms. The smallest absolute Gasteiger partial charge is 0.316 e. The Hall–Kier alpha value is -2.63. The fraction of sp³-hybridized carbons (Fsp3) is 0.308. The van der Waals surface area contributed by atoms with Crippen LogP contribution in [0.5, 0.6) is 0 Å². The van der Waals surface area contributed by atoms with Crippen LogP contribution in [0.25, 0.3) is 0 Å². The lowest BCUT2D eigenvalue weighted by atomic mass is 9.96. The second-order valence-corrected chi connectivity index (χ2v) is 7.89. The average Bonchev–Trinajstić information content (AvgIpc) is 2.77. The molecule has 3 aromatic rings. The molecule has 0 aliphatic carbocycles. The zero-order valence-corrected chi connectivity index (χ0v) is 17.6. The Bertz CT molecular complexity index is 932. The van der Waals surface area contributed by atoms with Crippen molar-refractivity contribution in [1.82, 2.24) is 5.48 Å². The van der Waals surface area contributed by atoms with Crippen molar-refractivity contribution >= 4 is 0 Å². The van der Waals surface area contributed by atoms with Crippen molar-refractivity contribution in [3.05, 3.63) is 106 Å². The van der Waals surface area contributed by atoms with Gasteiger partial charge in [0.25, 0.3) is 0 Å². The van der Waals surface area contributed by atoms with Gasteiger partial charge in [0.05, 0.1) is 11.6 Å². The van der Waals surface area contributed by atoms with Crippen molar-refractivity contribution in [2.24, 2.45) is 0 Å². The van der Waals surface area contributed by atoms with E-state index in [9.17, 15) is 18.4 Å². The van der Waals surface area contributed by atoms with Gasteiger partial charge in [-0.1, -0.05) is 74.0 Å². The zero-order valence-electron chi connectivity index (χ0n) is 17.6. The third-order valence-corrected chi connectivity index (χ3v) is 5.52. The molecule has 3 aromatic carbocycles. The number of rotatable bonds is 9. The number of hydrogen-bond donors (Lipinski definition) is 2. The third kappa shape index (κ3) is 6.68. The van der Waals surface area contributed by atoms with E-state index in [2.05, 4.69) is 48.8 Å². The number of aryl methyl sites for hydroxylation is 3. The fourth-order valence-electron chi connectivity index (χ4n) is 3.67. The van der Waals surface area contributed by atoms with Crippen LogP contribution >= 0.6 is 0 Å². The topological polar surface area (TPSA) is 32.3 Å². The van der Waals surface area contributed by atoms with E-state index in [0.717, 1.165) is 43.4 Å². The van der Waals surface area contributed by atoms with Crippen LogP contribution in [0, 0.1) is 0 Å². The van der Waals surface area contributed by atoms with E-state index < -0.39 is 17.8 Å². The maximum Gasteiger partial charge on any atom is 0.416 e. The summed E-state index contributed by atoms with van der Waals surface area (Å²) in [6.07, 6.45) is 0.274. The second-order valence-electron chi connectivity index (χ2n) is 7.89. The van der Waals surface area contributed by atoms with Gasteiger partial charge in [0.2, 0.25) is 0 Å². The number of halogens is 3. The molecule has 5 heteroatoms. The first-order chi connectivity index (χ1) is 14.9. The van der Waals surface area contributed by atoms with Gasteiger partial charge in [-0.25, -0.2) is 0 Å². The van der Waals surface area contributed by atoms with E-state index in [0.29, 0.717) is 12.0 Å². The third-order valence-electron chi connectivity index (χ3n) is 5.52. The summed E-state index contributed by atoms with van der Waals surface area (Å²) in [5.41, 5.74) is 7.04. The quantitative estimate of drug-likeness (QED) is 0.372. The Labute approximate surface area is 181 Å². The minimum absolute atomic E-state index is 0.473. The van der Waals surface area contributed by atoms with Gasteiger partial charge in [0.1, 0.15) is 0 Å². The normalized spacial score (nSPS) is 12.7. The molecule has 0 aliphatic rings. The molecule has 2 N–H and O–H groups in total. The number of hydroxylamine groups is 1. The summed E-state index contributed by atoms with van der Waals surface area (Å²) in [5.74, 6) is 0. The maximum absolute atomic E-state index is 12.7. The average molecular weight is 428 g/mol. The molecule has 0 amide bonds. The van der Waals surface area contributed by atoms with Crippen molar-refractivity contribution in [2.75, 3.05) is 0 Å². The molecular weight excluding hydrogens is 399 g/mol. The molecule has 0 saturated carbocycles. The minimum atomic E-state index is -4.37. The maximum atomic E-state index is 12.7. The van der Waals surface area contributed by atoms with Crippen LogP contribution in [0.4, 0.5) is 13.2 Å². The van der Waals surface area contributed by atoms with Crippen LogP contribution in [-0.2, 0) is 31.9 Å². The summed E-state index contributed by atoms with van der Waals surface area (Å²) in [6.45, 7) is 2.18. The van der Waals surface area contributed by atoms with Crippen LogP contribution in [0.2, 0.25) is 0 Å². The Morgan fingerprint density at radius 1 is 0.710 bits per heavy atom. The predicted molar refractivity (Wildman–Crippen MR) is 117 cm³/mol. The molecule has 0 radical (unpaired) electrons. The van der Waals surface area contributed by atoms with E-state index in [1.54, 1.807) is 0 Å². The predicted octanol–water partition coefficient (Wildman–Crippen LogP) is 6.71. The molecule has 31 heavy (non-hydrogen) atoms. The number of hydrogen-bond acceptors (Lipinski definition) is 2. The van der Waals surface area contributed by atoms with Crippen LogP contribution in [0.15, 0.2) is 72.8 Å². The standard InChI is InChI=1S/C26H28F3NO/c1-2-3-19-4-6-20(7-5-19)8-9-21-10-12-22(13-11-21)18-25(30-31)23-14-16-24(17-15-23)26(27,28)29/h4-7,10-17,25,30-31H,2-3,8-9,18H2,1H3. The molecule has 2 nitrogen and oxygen atoms in total. The van der Waals surface area contributed by atoms with Gasteiger partial charge in [-0.15, -0.1) is 0 Å². The van der Waals surface area contributed by atoms with Crippen LogP contribution in [-0.4, -0.2) is 5.21 Å². The van der Waals surface area contributed by atoms with Crippen molar-refractivity contribution in [3.63, 3.8) is 0 Å². The molecule has 0 saturated heterocycles. The van der Waals surface area contributed by atoms with Crippen molar-refractivity contribution in [1.29, 1.82) is 0 Å². The minimum Gasteiger partial charge on any atom is -0.316 e. The monoisotopic (exact) mass is 427 g/mol. The highest BCUT2D eigenvalue weighted by molar-refractivity contribution is 5.30. The zero-order chi connectivity index (χ0) is 22.3. The Kier molecular flexibility index (Phi) is 7.88. The highest BCUT2D eigenvalue weighted by Crippen LogP contribution is 2.30. The largest absolute Gasteiger partial charge is 0.416 e. The van der Waals surface area contributed by atoms with Gasteiger partial charge in [-0.3, -0.25) is 0 Å². The first-order valence-electron chi connectivity index (χ1n) is 10.6. The van der Waals surface area contributed by atoms with Gasteiger partial charge < -0.3 is 5.21 Å². The summed E-state index contributed by atoms with van der Waals surface area (Å²) >= 11 is 0. The lowest BCUT2D eigenvalue weighted by molar-refractivity contribution is -0.137. The molecule has 0 spiro atoms. The first-order valence-corrected chi connectivity index (χ1v) is 10.6. The Morgan fingerprint density at radius 2 is 1.16 bits per heavy atom. The van der Waals surface area contributed by atoms with E-state index in [4.69, 9.17) is 0 Å². The molecular formula is C26H28F3NO. The summed E-state index contributed by atoms with van der Waals surface area (Å²) in [7, 11) is 0. The highest BCUT2D eigenvalue weighted by atomic mass is 19.4. The molecule has 1 unspecified atom stereocenters. The van der Waals surface area contributed by atoms with Crippen LogP contribution in [0.1, 0.15) is 52.8 Å². The van der Waals surface area contributed by atoms with Gasteiger partial charge in [0, 0.05) is 0 Å². The number of benzene rings is 3. The first kappa shape index (κ1) is 23.0. The molecule has 0 aliphatic heterocycles. The van der Waals surface area contributed by atoms with Crippen molar-refractivity contribution < 1.29 is 18.4 Å². The summed E-state index contributed by atoms with van der Waals surface area (Å²) in [5, 5.41) is 9.52. The summed E-state index contributed by atoms with van der Waals surface area (Å²) in [4.78, 5) is 0. The molecule has 164 valence electrons. The van der Waals surface area contributed by atoms with E-state index in [1.807, 2.05) is 12.1 Å². The van der Waals surface area contributed by atoms with E-state index in [1.165, 1.54) is 28.8 Å². The van der Waals surface area contributed by atoms with Gasteiger partial charge in [-0.05, 0) is 65.6 Å². The lowest BCUT2D eigenvalue weighted by Gasteiger charge is -2.17. The van der Waals surface area contributed by atoms with E-state index in [-0.39, 0.29) is 0 Å². The number of nitrogens with one attached hydrogen (secondary N) is 1. The lowest BCUT2D eigenvalue weighted by Crippen LogP contribution is -2.19. The van der Waals surface area contributed by atoms with Gasteiger partial charge in [0.15, 0.2) is 0 Å². The Morgan fingerprint density at radius 3 is 1.58 bits per heavy atom. The van der Waals surface area contributed by atoms with Crippen molar-refractivity contribution in [3.8, 4) is 0 Å². The summed E-state index contributed by atoms with van der Waals surface area (Å²) in [6, 6.07) is 21.3. The van der Waals surface area contributed by atoms with E-state index >= 15 is 0 Å². The van der Waals surface area contributed by atoms with Crippen LogP contribution < -0.4 is 5.48 Å². The van der Waals surface area contributed by atoms with Gasteiger partial charge >= 0.3 is 6.18 Å². The SMILES string of the molecule is CCCc1ccc(CCc2ccc(CC(NO)c3ccc(C(F)(F)F)cc3)cc2)cc1. The molecule has 3 rings (SSSR count). The number of alkyl halides is 3. The summed E-state index contributed by atoms with van der Waals surface area (Å²) < 4.78 is 38.2. The molecule has 1 atom stereocenters. The van der Waals surface area contributed by atoms with Crippen LogP contribution in [0.3, 0.4) is 0 Å². The Balaban J connectivity index is 1.57. The molecule has 0 aromatic heterocycles.